The van der Waals surface area contributed by atoms with Gasteiger partial charge in [0.2, 0.25) is 10.0 Å². The summed E-state index contributed by atoms with van der Waals surface area (Å²) in [6, 6.07) is 5.49. The lowest BCUT2D eigenvalue weighted by molar-refractivity contribution is 0.583. The van der Waals surface area contributed by atoms with Crippen molar-refractivity contribution in [3.8, 4) is 0 Å². The quantitative estimate of drug-likeness (QED) is 0.701. The molecule has 3 nitrogen and oxygen atoms in total. The SMILES string of the molecule is Cc1ccc2c(c1)CCCNS2(=O)=O. The summed E-state index contributed by atoms with van der Waals surface area (Å²) >= 11 is 0. The van der Waals surface area contributed by atoms with E-state index in [-0.39, 0.29) is 0 Å². The predicted octanol–water partition coefficient (Wildman–Crippen LogP) is 1.22. The van der Waals surface area contributed by atoms with E-state index in [4.69, 9.17) is 0 Å². The van der Waals surface area contributed by atoms with Crippen molar-refractivity contribution in [2.75, 3.05) is 6.54 Å². The smallest absolute Gasteiger partial charge is 0.211 e. The molecule has 0 fully saturated rings. The van der Waals surface area contributed by atoms with Crippen LogP contribution in [0.15, 0.2) is 23.1 Å². The zero-order valence-corrected chi connectivity index (χ0v) is 8.89. The van der Waals surface area contributed by atoms with E-state index in [1.807, 2.05) is 19.1 Å². The number of rotatable bonds is 0. The van der Waals surface area contributed by atoms with Crippen LogP contribution in [-0.2, 0) is 16.4 Å². The fourth-order valence-corrected chi connectivity index (χ4v) is 3.05. The van der Waals surface area contributed by atoms with Crippen molar-refractivity contribution in [1.82, 2.24) is 4.72 Å². The molecule has 0 saturated carbocycles. The van der Waals surface area contributed by atoms with Crippen molar-refractivity contribution in [3.63, 3.8) is 0 Å². The largest absolute Gasteiger partial charge is 0.240 e. The van der Waals surface area contributed by atoms with Crippen molar-refractivity contribution in [2.45, 2.75) is 24.7 Å². The van der Waals surface area contributed by atoms with Crippen LogP contribution >= 0.6 is 0 Å². The Morgan fingerprint density at radius 1 is 1.36 bits per heavy atom. The zero-order valence-electron chi connectivity index (χ0n) is 8.08. The molecule has 1 aromatic carbocycles. The van der Waals surface area contributed by atoms with E-state index in [0.29, 0.717) is 11.4 Å². The Hall–Kier alpha value is -0.870. The maximum atomic E-state index is 11.7. The van der Waals surface area contributed by atoms with Crippen molar-refractivity contribution in [1.29, 1.82) is 0 Å². The second-order valence-corrected chi connectivity index (χ2v) is 5.35. The third-order valence-corrected chi connectivity index (χ3v) is 3.98. The van der Waals surface area contributed by atoms with Gasteiger partial charge in [-0.1, -0.05) is 17.7 Å². The molecule has 0 unspecified atom stereocenters. The summed E-state index contributed by atoms with van der Waals surface area (Å²) in [5, 5.41) is 0. The Balaban J connectivity index is 2.62. The number of hydrogen-bond donors (Lipinski definition) is 1. The van der Waals surface area contributed by atoms with Crippen LogP contribution in [-0.4, -0.2) is 15.0 Å². The van der Waals surface area contributed by atoms with Gasteiger partial charge in [-0.3, -0.25) is 0 Å². The van der Waals surface area contributed by atoms with Gasteiger partial charge < -0.3 is 0 Å². The van der Waals surface area contributed by atoms with E-state index >= 15 is 0 Å². The molecule has 0 saturated heterocycles. The van der Waals surface area contributed by atoms with Gasteiger partial charge in [-0.25, -0.2) is 13.1 Å². The maximum Gasteiger partial charge on any atom is 0.240 e. The number of hydrogen-bond acceptors (Lipinski definition) is 2. The lowest BCUT2D eigenvalue weighted by Crippen LogP contribution is -2.23. The molecular formula is C10H13NO2S. The van der Waals surface area contributed by atoms with E-state index in [1.54, 1.807) is 6.07 Å². The summed E-state index contributed by atoms with van der Waals surface area (Å²) in [4.78, 5) is 0.445. The van der Waals surface area contributed by atoms with Gasteiger partial charge in [0.1, 0.15) is 0 Å². The molecule has 0 spiro atoms. The zero-order chi connectivity index (χ0) is 10.2. The predicted molar refractivity (Wildman–Crippen MR) is 54.7 cm³/mol. The molecule has 1 N–H and O–H groups in total. The number of fused-ring (bicyclic) bond motifs is 1. The molecule has 1 aliphatic heterocycles. The summed E-state index contributed by atoms with van der Waals surface area (Å²) in [5.41, 5.74) is 2.05. The molecular weight excluding hydrogens is 198 g/mol. The first-order valence-electron chi connectivity index (χ1n) is 4.69. The third kappa shape index (κ3) is 1.67. The number of sulfonamides is 1. The van der Waals surface area contributed by atoms with Gasteiger partial charge in [0.05, 0.1) is 4.90 Å². The van der Waals surface area contributed by atoms with Gasteiger partial charge in [-0.2, -0.15) is 0 Å². The summed E-state index contributed by atoms with van der Waals surface area (Å²) < 4.78 is 26.0. The van der Waals surface area contributed by atoms with E-state index in [2.05, 4.69) is 4.72 Å². The highest BCUT2D eigenvalue weighted by Gasteiger charge is 2.20. The van der Waals surface area contributed by atoms with E-state index in [0.717, 1.165) is 24.0 Å². The molecule has 1 aromatic rings. The molecule has 76 valence electrons. The summed E-state index contributed by atoms with van der Waals surface area (Å²) in [6.45, 7) is 2.52. The number of nitrogens with one attached hydrogen (secondary N) is 1. The Kier molecular flexibility index (Phi) is 2.33. The van der Waals surface area contributed by atoms with Crippen molar-refractivity contribution < 1.29 is 8.42 Å². The first-order chi connectivity index (χ1) is 6.59. The average Bonchev–Trinajstić information content (AvgIpc) is 2.25. The second kappa shape index (κ2) is 3.37. The third-order valence-electron chi connectivity index (χ3n) is 2.42. The number of aryl methyl sites for hydroxylation is 2. The molecule has 0 radical (unpaired) electrons. The molecule has 1 aliphatic rings. The van der Waals surface area contributed by atoms with Crippen LogP contribution in [0, 0.1) is 6.92 Å². The molecule has 14 heavy (non-hydrogen) atoms. The molecule has 0 atom stereocenters. The first kappa shape index (κ1) is 9.68. The van der Waals surface area contributed by atoms with Crippen LogP contribution in [0.4, 0.5) is 0 Å². The van der Waals surface area contributed by atoms with Gasteiger partial charge in [0.15, 0.2) is 0 Å². The van der Waals surface area contributed by atoms with E-state index < -0.39 is 10.0 Å². The van der Waals surface area contributed by atoms with Crippen LogP contribution in [0.1, 0.15) is 17.5 Å². The standard InChI is InChI=1S/C10H13NO2S/c1-8-4-5-10-9(7-8)3-2-6-11-14(10,12)13/h4-5,7,11H,2-3,6H2,1H3. The van der Waals surface area contributed by atoms with Gasteiger partial charge in [0.25, 0.3) is 0 Å². The van der Waals surface area contributed by atoms with Gasteiger partial charge in [-0.05, 0) is 31.4 Å². The monoisotopic (exact) mass is 211 g/mol. The first-order valence-corrected chi connectivity index (χ1v) is 6.17. The van der Waals surface area contributed by atoms with Crippen LogP contribution in [0.3, 0.4) is 0 Å². The Morgan fingerprint density at radius 3 is 2.93 bits per heavy atom. The minimum absolute atomic E-state index is 0.445. The minimum Gasteiger partial charge on any atom is -0.211 e. The van der Waals surface area contributed by atoms with Gasteiger partial charge >= 0.3 is 0 Å². The topological polar surface area (TPSA) is 46.2 Å². The highest BCUT2D eigenvalue weighted by atomic mass is 32.2. The Labute approximate surface area is 84.2 Å². The molecule has 0 aromatic heterocycles. The highest BCUT2D eigenvalue weighted by Crippen LogP contribution is 2.21. The van der Waals surface area contributed by atoms with Crippen molar-refractivity contribution in [3.05, 3.63) is 29.3 Å². The summed E-state index contributed by atoms with van der Waals surface area (Å²) in [7, 11) is -3.25. The second-order valence-electron chi connectivity index (χ2n) is 3.61. The molecule has 0 aliphatic carbocycles. The van der Waals surface area contributed by atoms with E-state index in [9.17, 15) is 8.42 Å². The Morgan fingerprint density at radius 2 is 2.14 bits per heavy atom. The highest BCUT2D eigenvalue weighted by molar-refractivity contribution is 7.89. The maximum absolute atomic E-state index is 11.7. The normalized spacial score (nSPS) is 19.8. The molecule has 0 amide bonds. The van der Waals surface area contributed by atoms with Crippen LogP contribution in [0.25, 0.3) is 0 Å². The van der Waals surface area contributed by atoms with E-state index in [1.165, 1.54) is 0 Å². The van der Waals surface area contributed by atoms with Gasteiger partial charge in [0, 0.05) is 6.54 Å². The molecule has 4 heteroatoms. The van der Waals surface area contributed by atoms with Crippen LogP contribution in [0.2, 0.25) is 0 Å². The molecule has 0 bridgehead atoms. The fraction of sp³-hybridized carbons (Fsp3) is 0.400. The summed E-state index contributed by atoms with van der Waals surface area (Å²) in [5.74, 6) is 0. The molecule has 1 heterocycles. The Bertz CT molecular complexity index is 451. The van der Waals surface area contributed by atoms with Crippen LogP contribution < -0.4 is 4.72 Å². The number of benzene rings is 1. The van der Waals surface area contributed by atoms with Crippen molar-refractivity contribution >= 4 is 10.0 Å². The average molecular weight is 211 g/mol. The van der Waals surface area contributed by atoms with Crippen LogP contribution in [0.5, 0.6) is 0 Å². The minimum atomic E-state index is -3.25. The van der Waals surface area contributed by atoms with Crippen molar-refractivity contribution in [2.24, 2.45) is 0 Å². The lowest BCUT2D eigenvalue weighted by Gasteiger charge is -2.06. The molecule has 2 rings (SSSR count). The fourth-order valence-electron chi connectivity index (χ4n) is 1.73. The van der Waals surface area contributed by atoms with Gasteiger partial charge in [-0.15, -0.1) is 0 Å². The summed E-state index contributed by atoms with van der Waals surface area (Å²) in [6.07, 6.45) is 1.71. The lowest BCUT2D eigenvalue weighted by atomic mass is 10.1.